The summed E-state index contributed by atoms with van der Waals surface area (Å²) in [4.78, 5) is 94.0. The number of nitrogens with one attached hydrogen (secondary N) is 5. The third-order valence-corrected chi connectivity index (χ3v) is 14.1. The summed E-state index contributed by atoms with van der Waals surface area (Å²) in [7, 11) is -2.23. The molecule has 0 saturated carbocycles. The van der Waals surface area contributed by atoms with E-state index in [-0.39, 0.29) is 65.9 Å². The third kappa shape index (κ3) is 13.9. The maximum absolute atomic E-state index is 13.2. The summed E-state index contributed by atoms with van der Waals surface area (Å²) in [5.74, 6) is -3.03. The van der Waals surface area contributed by atoms with Crippen LogP contribution in [0.3, 0.4) is 0 Å². The van der Waals surface area contributed by atoms with Gasteiger partial charge in [0.25, 0.3) is 21.9 Å². The third-order valence-electron chi connectivity index (χ3n) is 9.11. The zero-order chi connectivity index (χ0) is 40.7. The second-order valence-electron chi connectivity index (χ2n) is 13.2. The van der Waals surface area contributed by atoms with E-state index in [2.05, 4.69) is 31.3 Å². The number of carbonyl (C=O) groups is 7. The molecule has 1 aromatic rings. The number of Topliss-reactive ketones (excluding diaryl/α,β-unsaturated/α-hetero) is 1. The summed E-state index contributed by atoms with van der Waals surface area (Å²) in [5, 5.41) is 13.7. The highest BCUT2D eigenvalue weighted by atomic mass is 33.1. The topological polar surface area (TPSA) is 285 Å². The summed E-state index contributed by atoms with van der Waals surface area (Å²) in [6.07, 6.45) is 3.47. The van der Waals surface area contributed by atoms with Crippen molar-refractivity contribution in [2.24, 2.45) is 11.0 Å². The molecule has 0 aliphatic carbocycles. The maximum atomic E-state index is 13.2. The van der Waals surface area contributed by atoms with Crippen LogP contribution in [-0.4, -0.2) is 112 Å². The maximum Gasteiger partial charge on any atom is 0.334 e. The first kappa shape index (κ1) is 44.7. The Morgan fingerprint density at radius 2 is 1.77 bits per heavy atom. The smallest absolute Gasteiger partial charge is 0.334 e. The molecule has 3 aliphatic rings. The molecule has 3 aliphatic heterocycles. The number of hydroxylamine groups is 2. The van der Waals surface area contributed by atoms with Crippen molar-refractivity contribution in [3.05, 3.63) is 29.8 Å². The highest BCUT2D eigenvalue weighted by molar-refractivity contribution is 8.76. The van der Waals surface area contributed by atoms with Gasteiger partial charge in [-0.1, -0.05) is 34.4 Å². The number of rotatable bonds is 24. The molecule has 0 radical (unpaired) electrons. The Balaban J connectivity index is 1.13. The highest BCUT2D eigenvalue weighted by Gasteiger charge is 2.48. The van der Waals surface area contributed by atoms with Crippen LogP contribution in [0.4, 0.5) is 10.5 Å². The highest BCUT2D eigenvalue weighted by Crippen LogP contribution is 2.33. The SMILES string of the molecule is N=[N+]=Nc1ccc(C(=O)CC(CCCCNC(=O)CCCCC2SCC3NC(=O)NC32)C(=O)NCCSSCCC(=O)ON2C(=O)CC(S(=O)(=O)O)C2=O)cc1. The first-order valence-corrected chi connectivity index (χ1v) is 23.0. The zero-order valence-corrected chi connectivity index (χ0v) is 33.6. The number of amides is 6. The van der Waals surface area contributed by atoms with Gasteiger partial charge in [-0.3, -0.25) is 28.5 Å². The Bertz CT molecular complexity index is 1780. The number of thioether (sulfide) groups is 1. The molecule has 5 unspecified atom stereocenters. The van der Waals surface area contributed by atoms with Crippen molar-refractivity contribution in [3.8, 4) is 0 Å². The predicted molar refractivity (Wildman–Crippen MR) is 207 cm³/mol. The monoisotopic (exact) mass is 857 g/mol. The van der Waals surface area contributed by atoms with Crippen LogP contribution in [0.25, 0.3) is 0 Å². The van der Waals surface area contributed by atoms with Crippen molar-refractivity contribution >= 4 is 90.6 Å². The van der Waals surface area contributed by atoms with Gasteiger partial charge in [0.2, 0.25) is 16.7 Å². The van der Waals surface area contributed by atoms with E-state index in [1.165, 1.54) is 21.6 Å². The molecule has 4 rings (SSSR count). The molecular formula is C33H45N8O11S4+. The van der Waals surface area contributed by atoms with Crippen molar-refractivity contribution in [2.75, 3.05) is 30.3 Å². The van der Waals surface area contributed by atoms with Crippen LogP contribution in [-0.2, 0) is 38.9 Å². The predicted octanol–water partition coefficient (Wildman–Crippen LogP) is 2.43. The van der Waals surface area contributed by atoms with Crippen LogP contribution in [0.2, 0.25) is 0 Å². The van der Waals surface area contributed by atoms with Crippen LogP contribution in [0.1, 0.15) is 74.6 Å². The van der Waals surface area contributed by atoms with Crippen molar-refractivity contribution < 1.29 is 51.4 Å². The normalized spacial score (nSPS) is 20.7. The molecule has 3 heterocycles. The summed E-state index contributed by atoms with van der Waals surface area (Å²) in [6, 6.07) is 6.43. The quantitative estimate of drug-likeness (QED) is 0.0127. The van der Waals surface area contributed by atoms with Crippen molar-refractivity contribution in [2.45, 2.75) is 86.8 Å². The fourth-order valence-corrected chi connectivity index (χ4v) is 10.3. The lowest BCUT2D eigenvalue weighted by molar-refractivity contribution is -0.197. The molecular weight excluding hydrogens is 813 g/mol. The van der Waals surface area contributed by atoms with E-state index in [1.54, 1.807) is 24.3 Å². The molecule has 19 nitrogen and oxygen atoms in total. The fraction of sp³-hybridized carbons (Fsp3) is 0.606. The Hall–Kier alpha value is -4.02. The van der Waals surface area contributed by atoms with Gasteiger partial charge in [-0.15, -0.1) is 5.06 Å². The van der Waals surface area contributed by atoms with Gasteiger partial charge in [0.15, 0.2) is 21.8 Å². The molecule has 306 valence electrons. The van der Waals surface area contributed by atoms with Crippen LogP contribution >= 0.6 is 33.3 Å². The van der Waals surface area contributed by atoms with Crippen LogP contribution in [0, 0.1) is 11.4 Å². The van der Waals surface area contributed by atoms with E-state index in [0.29, 0.717) is 54.5 Å². The average molecular weight is 858 g/mol. The minimum atomic E-state index is -4.83. The number of carbonyl (C=O) groups excluding carboxylic acids is 7. The van der Waals surface area contributed by atoms with E-state index in [0.717, 1.165) is 25.0 Å². The van der Waals surface area contributed by atoms with Crippen molar-refractivity contribution in [1.29, 1.82) is 5.53 Å². The molecule has 6 amide bonds. The number of urea groups is 1. The molecule has 0 bridgehead atoms. The number of hydrogen-bond acceptors (Lipinski definition) is 15. The lowest BCUT2D eigenvalue weighted by atomic mass is 9.92. The van der Waals surface area contributed by atoms with E-state index in [1.807, 2.05) is 11.8 Å². The zero-order valence-electron chi connectivity index (χ0n) is 30.3. The Morgan fingerprint density at radius 1 is 1.02 bits per heavy atom. The number of nitrogens with zero attached hydrogens (tertiary/aromatic N) is 3. The number of ketones is 1. The second kappa shape index (κ2) is 22.1. The van der Waals surface area contributed by atoms with E-state index >= 15 is 0 Å². The lowest BCUT2D eigenvalue weighted by Crippen LogP contribution is -2.36. The van der Waals surface area contributed by atoms with Crippen LogP contribution in [0.5, 0.6) is 0 Å². The fourth-order valence-electron chi connectivity index (χ4n) is 6.21. The Morgan fingerprint density at radius 3 is 2.48 bits per heavy atom. The molecule has 3 fully saturated rings. The second-order valence-corrected chi connectivity index (χ2v) is 18.7. The number of fused-ring (bicyclic) bond motifs is 1. The molecule has 6 N–H and O–H groups in total. The van der Waals surface area contributed by atoms with Gasteiger partial charge < -0.3 is 26.1 Å². The standard InChI is InChI=1S/C33H44N8O11S4/c34-40-39-22-10-8-20(9-11-22)24(42)17-21(5-3-4-13-35-27(43)7-2-1-6-25-30-23(19-53-25)37-33(48)38-30)31(46)36-14-16-55-54-15-12-29(45)52-41-28(44)18-26(32(41)47)56(49,50)51/h8-11,21,23,25-26,30,34H,1-7,12-19H2,(H4-,35,36,37,38,43,46,48,49,50,51)/p+1. The minimum Gasteiger partial charge on any atom is -0.356 e. The van der Waals surface area contributed by atoms with Gasteiger partial charge in [0.1, 0.15) is 5.53 Å². The molecule has 23 heteroatoms. The van der Waals surface area contributed by atoms with E-state index < -0.39 is 45.5 Å². The largest absolute Gasteiger partial charge is 0.356 e. The average Bonchev–Trinajstić information content (AvgIpc) is 3.80. The van der Waals surface area contributed by atoms with E-state index in [4.69, 9.17) is 14.9 Å². The molecule has 0 aromatic heterocycles. The molecule has 1 aromatic carbocycles. The van der Waals surface area contributed by atoms with Crippen LogP contribution in [0.15, 0.2) is 29.4 Å². The first-order valence-electron chi connectivity index (χ1n) is 18.0. The van der Waals surface area contributed by atoms with Gasteiger partial charge in [-0.05, 0) is 49.9 Å². The number of unbranched alkanes of at least 4 members (excludes halogenated alkanes) is 2. The van der Waals surface area contributed by atoms with Crippen LogP contribution < -0.4 is 26.2 Å². The number of benzene rings is 1. The van der Waals surface area contributed by atoms with Gasteiger partial charge >= 0.3 is 12.0 Å². The Labute approximate surface area is 335 Å². The van der Waals surface area contributed by atoms with Gasteiger partial charge in [-0.25, -0.2) is 9.59 Å². The summed E-state index contributed by atoms with van der Waals surface area (Å²) >= 11 is 1.85. The van der Waals surface area contributed by atoms with Gasteiger partial charge in [0.05, 0.1) is 24.9 Å². The van der Waals surface area contributed by atoms with Crippen molar-refractivity contribution in [3.63, 3.8) is 0 Å². The molecule has 5 atom stereocenters. The molecule has 3 saturated heterocycles. The first-order chi connectivity index (χ1) is 26.8. The summed E-state index contributed by atoms with van der Waals surface area (Å²) in [5.41, 5.74) is 7.66. The number of imide groups is 1. The molecule has 56 heavy (non-hydrogen) atoms. The number of hydrogen-bond donors (Lipinski definition) is 6. The van der Waals surface area contributed by atoms with E-state index in [9.17, 15) is 42.0 Å². The van der Waals surface area contributed by atoms with Crippen molar-refractivity contribution in [1.82, 2.24) is 31.2 Å². The van der Waals surface area contributed by atoms with Gasteiger partial charge in [0, 0.05) is 59.9 Å². The lowest BCUT2D eigenvalue weighted by Gasteiger charge is -2.17. The van der Waals surface area contributed by atoms with Gasteiger partial charge in [-0.2, -0.15) is 20.2 Å². The Kier molecular flexibility index (Phi) is 17.6. The minimum absolute atomic E-state index is 0.0465. The summed E-state index contributed by atoms with van der Waals surface area (Å²) < 4.78 is 31.6. The molecule has 0 spiro atoms. The summed E-state index contributed by atoms with van der Waals surface area (Å²) in [6.45, 7) is 0.693.